The Labute approximate surface area is 117 Å². The van der Waals surface area contributed by atoms with Gasteiger partial charge in [0.2, 0.25) is 0 Å². The molecule has 1 aliphatic rings. The Hall–Kier alpha value is -2.15. The Balaban J connectivity index is 1.95. The molecule has 1 saturated heterocycles. The predicted octanol–water partition coefficient (Wildman–Crippen LogP) is 1.81. The van der Waals surface area contributed by atoms with Crippen LogP contribution >= 0.6 is 0 Å². The molecule has 7 nitrogen and oxygen atoms in total. The van der Waals surface area contributed by atoms with Crippen molar-refractivity contribution in [2.75, 3.05) is 25.5 Å². The summed E-state index contributed by atoms with van der Waals surface area (Å²) in [5, 5.41) is 16.5. The number of non-ortho nitro benzene ring substituents is 1. The third-order valence-electron chi connectivity index (χ3n) is 3.45. The standard InChI is InChI=1S/C13H18N4O3/c1-14-11-3-2-8-16(9-11)13(18)15-10-4-6-12(7-5-10)17(19)20/h4-7,11,14H,2-3,8-9H2,1H3,(H,15,18). The van der Waals surface area contributed by atoms with Crippen LogP contribution in [-0.2, 0) is 0 Å². The van der Waals surface area contributed by atoms with Crippen molar-refractivity contribution in [3.8, 4) is 0 Å². The molecule has 0 radical (unpaired) electrons. The molecule has 0 aromatic heterocycles. The van der Waals surface area contributed by atoms with E-state index in [-0.39, 0.29) is 11.7 Å². The summed E-state index contributed by atoms with van der Waals surface area (Å²) in [7, 11) is 1.89. The van der Waals surface area contributed by atoms with Crippen molar-refractivity contribution >= 4 is 17.4 Å². The number of carbonyl (C=O) groups is 1. The number of rotatable bonds is 3. The van der Waals surface area contributed by atoms with Crippen molar-refractivity contribution in [2.24, 2.45) is 0 Å². The van der Waals surface area contributed by atoms with Crippen LogP contribution in [0.15, 0.2) is 24.3 Å². The summed E-state index contributed by atoms with van der Waals surface area (Å²) >= 11 is 0. The molecule has 2 rings (SSSR count). The van der Waals surface area contributed by atoms with Crippen molar-refractivity contribution in [3.63, 3.8) is 0 Å². The Morgan fingerprint density at radius 2 is 2.10 bits per heavy atom. The number of urea groups is 1. The van der Waals surface area contributed by atoms with E-state index in [9.17, 15) is 14.9 Å². The second-order valence-corrected chi connectivity index (χ2v) is 4.81. The zero-order chi connectivity index (χ0) is 14.5. The number of likely N-dealkylation sites (tertiary alicyclic amines) is 1. The SMILES string of the molecule is CNC1CCCN(C(=O)Nc2ccc([N+](=O)[O-])cc2)C1. The lowest BCUT2D eigenvalue weighted by atomic mass is 10.1. The normalized spacial score (nSPS) is 18.6. The number of nitro groups is 1. The molecule has 2 amide bonds. The fourth-order valence-corrected chi connectivity index (χ4v) is 2.27. The molecule has 1 aliphatic heterocycles. The van der Waals surface area contributed by atoms with Gasteiger partial charge in [0, 0.05) is 37.0 Å². The van der Waals surface area contributed by atoms with E-state index in [1.165, 1.54) is 24.3 Å². The fourth-order valence-electron chi connectivity index (χ4n) is 2.27. The van der Waals surface area contributed by atoms with Gasteiger partial charge < -0.3 is 15.5 Å². The average molecular weight is 278 g/mol. The highest BCUT2D eigenvalue weighted by Gasteiger charge is 2.22. The van der Waals surface area contributed by atoms with Crippen LogP contribution in [0, 0.1) is 10.1 Å². The smallest absolute Gasteiger partial charge is 0.321 e. The molecule has 1 fully saturated rings. The molecule has 1 heterocycles. The van der Waals surface area contributed by atoms with Crippen LogP contribution in [0.4, 0.5) is 16.2 Å². The lowest BCUT2D eigenvalue weighted by Crippen LogP contribution is -2.48. The number of nitro benzene ring substituents is 1. The van der Waals surface area contributed by atoms with Crippen LogP contribution < -0.4 is 10.6 Å². The zero-order valence-corrected chi connectivity index (χ0v) is 11.3. The molecule has 1 aromatic rings. The van der Waals surface area contributed by atoms with Gasteiger partial charge in [-0.1, -0.05) is 0 Å². The molecule has 0 spiro atoms. The fraction of sp³-hybridized carbons (Fsp3) is 0.462. The first kappa shape index (κ1) is 14.3. The van der Waals surface area contributed by atoms with E-state index in [4.69, 9.17) is 0 Å². The third-order valence-corrected chi connectivity index (χ3v) is 3.45. The highest BCUT2D eigenvalue weighted by molar-refractivity contribution is 5.89. The van der Waals surface area contributed by atoms with Crippen molar-refractivity contribution in [2.45, 2.75) is 18.9 Å². The first-order chi connectivity index (χ1) is 9.60. The third kappa shape index (κ3) is 3.45. The summed E-state index contributed by atoms with van der Waals surface area (Å²) in [5.41, 5.74) is 0.573. The van der Waals surface area contributed by atoms with Gasteiger partial charge >= 0.3 is 6.03 Å². The molecule has 2 N–H and O–H groups in total. The van der Waals surface area contributed by atoms with E-state index in [1.54, 1.807) is 4.90 Å². The minimum atomic E-state index is -0.465. The Morgan fingerprint density at radius 3 is 2.70 bits per heavy atom. The van der Waals surface area contributed by atoms with Gasteiger partial charge in [-0.05, 0) is 32.0 Å². The van der Waals surface area contributed by atoms with Crippen molar-refractivity contribution < 1.29 is 9.72 Å². The monoisotopic (exact) mass is 278 g/mol. The molecule has 0 bridgehead atoms. The van der Waals surface area contributed by atoms with Crippen LogP contribution in [-0.4, -0.2) is 42.0 Å². The topological polar surface area (TPSA) is 87.5 Å². The average Bonchev–Trinajstić information content (AvgIpc) is 2.47. The Bertz CT molecular complexity index is 489. The van der Waals surface area contributed by atoms with Crippen LogP contribution in [0.3, 0.4) is 0 Å². The van der Waals surface area contributed by atoms with Crippen molar-refractivity contribution in [3.05, 3.63) is 34.4 Å². The van der Waals surface area contributed by atoms with Gasteiger partial charge in [-0.2, -0.15) is 0 Å². The Kier molecular flexibility index (Phi) is 4.52. The van der Waals surface area contributed by atoms with E-state index in [0.717, 1.165) is 19.4 Å². The summed E-state index contributed by atoms with van der Waals surface area (Å²) in [6.07, 6.45) is 2.04. The number of nitrogens with one attached hydrogen (secondary N) is 2. The lowest BCUT2D eigenvalue weighted by molar-refractivity contribution is -0.384. The molecule has 20 heavy (non-hydrogen) atoms. The van der Waals surface area contributed by atoms with E-state index >= 15 is 0 Å². The van der Waals surface area contributed by atoms with Gasteiger partial charge in [0.05, 0.1) is 4.92 Å². The summed E-state index contributed by atoms with van der Waals surface area (Å²) < 4.78 is 0. The highest BCUT2D eigenvalue weighted by Crippen LogP contribution is 2.17. The van der Waals surface area contributed by atoms with Crippen LogP contribution in [0.5, 0.6) is 0 Å². The molecule has 1 atom stereocenters. The number of hydrogen-bond acceptors (Lipinski definition) is 4. The van der Waals surface area contributed by atoms with Crippen molar-refractivity contribution in [1.29, 1.82) is 0 Å². The van der Waals surface area contributed by atoms with Gasteiger partial charge in [-0.3, -0.25) is 10.1 Å². The van der Waals surface area contributed by atoms with Crippen LogP contribution in [0.1, 0.15) is 12.8 Å². The first-order valence-electron chi connectivity index (χ1n) is 6.58. The quantitative estimate of drug-likeness (QED) is 0.652. The maximum atomic E-state index is 12.1. The minimum Gasteiger partial charge on any atom is -0.323 e. The van der Waals surface area contributed by atoms with Gasteiger partial charge in [-0.25, -0.2) is 4.79 Å². The second-order valence-electron chi connectivity index (χ2n) is 4.81. The molecular weight excluding hydrogens is 260 g/mol. The minimum absolute atomic E-state index is 0.0104. The molecule has 7 heteroatoms. The molecule has 0 aliphatic carbocycles. The highest BCUT2D eigenvalue weighted by atomic mass is 16.6. The number of benzene rings is 1. The predicted molar refractivity (Wildman–Crippen MR) is 75.8 cm³/mol. The zero-order valence-electron chi connectivity index (χ0n) is 11.3. The number of likely N-dealkylation sites (N-methyl/N-ethyl adjacent to an activating group) is 1. The second kappa shape index (κ2) is 6.33. The van der Waals surface area contributed by atoms with Crippen molar-refractivity contribution in [1.82, 2.24) is 10.2 Å². The van der Waals surface area contributed by atoms with Gasteiger partial charge in [0.15, 0.2) is 0 Å². The largest absolute Gasteiger partial charge is 0.323 e. The maximum Gasteiger partial charge on any atom is 0.321 e. The summed E-state index contributed by atoms with van der Waals surface area (Å²) in [5.74, 6) is 0. The molecule has 0 saturated carbocycles. The molecule has 1 aromatic carbocycles. The van der Waals surface area contributed by atoms with E-state index in [0.29, 0.717) is 18.3 Å². The van der Waals surface area contributed by atoms with Gasteiger partial charge in [0.25, 0.3) is 5.69 Å². The number of piperidine rings is 1. The number of nitrogens with zero attached hydrogens (tertiary/aromatic N) is 2. The van der Waals surface area contributed by atoms with E-state index in [1.807, 2.05) is 7.05 Å². The number of hydrogen-bond donors (Lipinski definition) is 2. The summed E-state index contributed by atoms with van der Waals surface area (Å²) in [4.78, 5) is 23.9. The van der Waals surface area contributed by atoms with E-state index < -0.39 is 4.92 Å². The Morgan fingerprint density at radius 1 is 1.40 bits per heavy atom. The molecular formula is C13H18N4O3. The van der Waals surface area contributed by atoms with Crippen LogP contribution in [0.2, 0.25) is 0 Å². The van der Waals surface area contributed by atoms with Crippen LogP contribution in [0.25, 0.3) is 0 Å². The lowest BCUT2D eigenvalue weighted by Gasteiger charge is -2.32. The van der Waals surface area contributed by atoms with Gasteiger partial charge in [-0.15, -0.1) is 0 Å². The van der Waals surface area contributed by atoms with E-state index in [2.05, 4.69) is 10.6 Å². The molecule has 108 valence electrons. The number of anilines is 1. The summed E-state index contributed by atoms with van der Waals surface area (Å²) in [6.45, 7) is 1.41. The first-order valence-corrected chi connectivity index (χ1v) is 6.58. The van der Waals surface area contributed by atoms with Gasteiger partial charge in [0.1, 0.15) is 0 Å². The molecule has 1 unspecified atom stereocenters. The summed E-state index contributed by atoms with van der Waals surface area (Å²) in [6, 6.07) is 5.99. The number of amides is 2. The number of carbonyl (C=O) groups excluding carboxylic acids is 1. The maximum absolute atomic E-state index is 12.1.